The Morgan fingerprint density at radius 1 is 0.900 bits per heavy atom. The molecule has 1 aromatic heterocycles. The van der Waals surface area contributed by atoms with Gasteiger partial charge in [0.25, 0.3) is 0 Å². The Morgan fingerprint density at radius 2 is 1.63 bits per heavy atom. The maximum Gasteiger partial charge on any atom is 0.244 e. The summed E-state index contributed by atoms with van der Waals surface area (Å²) in [7, 11) is 0. The molecule has 2 amide bonds. The van der Waals surface area contributed by atoms with Crippen LogP contribution >= 0.6 is 11.6 Å². The van der Waals surface area contributed by atoms with E-state index in [4.69, 9.17) is 11.6 Å². The van der Waals surface area contributed by atoms with Gasteiger partial charge in [-0.25, -0.2) is 0 Å². The molecule has 0 aliphatic carbocycles. The molecule has 0 unspecified atom stereocenters. The number of amides is 2. The van der Waals surface area contributed by atoms with Crippen molar-refractivity contribution in [2.45, 2.75) is 13.5 Å². The molecular weight excluding hydrogens is 398 g/mol. The van der Waals surface area contributed by atoms with E-state index in [0.29, 0.717) is 16.4 Å². The number of halogens is 1. The Hall–Kier alpha value is -3.57. The van der Waals surface area contributed by atoms with Gasteiger partial charge in [0, 0.05) is 29.2 Å². The van der Waals surface area contributed by atoms with Gasteiger partial charge < -0.3 is 15.2 Å². The highest BCUT2D eigenvalue weighted by Gasteiger charge is 2.14. The molecule has 0 spiro atoms. The van der Waals surface area contributed by atoms with Crippen LogP contribution in [0.25, 0.3) is 22.2 Å². The molecule has 0 bridgehead atoms. The second-order valence-corrected chi connectivity index (χ2v) is 7.37. The van der Waals surface area contributed by atoms with Crippen molar-refractivity contribution in [3.05, 3.63) is 83.9 Å². The van der Waals surface area contributed by atoms with Gasteiger partial charge in [-0.1, -0.05) is 60.1 Å². The largest absolute Gasteiger partial charge is 0.331 e. The number of hydrogen-bond donors (Lipinski definition) is 2. The van der Waals surface area contributed by atoms with E-state index < -0.39 is 0 Å². The quantitative estimate of drug-likeness (QED) is 0.446. The first-order valence-corrected chi connectivity index (χ1v) is 9.90. The Bertz CT molecular complexity index is 1230. The third-order valence-electron chi connectivity index (χ3n) is 4.75. The lowest BCUT2D eigenvalue weighted by molar-refractivity contribution is -0.116. The second kappa shape index (κ2) is 8.43. The molecule has 2 N–H and O–H groups in total. The maximum absolute atomic E-state index is 12.9. The zero-order valence-electron chi connectivity index (χ0n) is 16.4. The Balaban J connectivity index is 1.61. The van der Waals surface area contributed by atoms with E-state index in [1.165, 1.54) is 6.92 Å². The highest BCUT2D eigenvalue weighted by Crippen LogP contribution is 2.29. The molecule has 0 aliphatic heterocycles. The van der Waals surface area contributed by atoms with Crippen molar-refractivity contribution < 1.29 is 9.59 Å². The molecule has 0 saturated carbocycles. The molecule has 0 saturated heterocycles. The van der Waals surface area contributed by atoms with Crippen molar-refractivity contribution in [3.8, 4) is 11.3 Å². The van der Waals surface area contributed by atoms with Gasteiger partial charge in [-0.05, 0) is 35.9 Å². The van der Waals surface area contributed by atoms with Crippen LogP contribution in [-0.2, 0) is 16.1 Å². The van der Waals surface area contributed by atoms with Gasteiger partial charge in [0.05, 0.1) is 10.7 Å². The van der Waals surface area contributed by atoms with Crippen molar-refractivity contribution in [1.82, 2.24) is 4.57 Å². The highest BCUT2D eigenvalue weighted by molar-refractivity contribution is 6.34. The monoisotopic (exact) mass is 417 g/mol. The standard InChI is InChI=1S/C24H20ClN3O2/c1-16(29)26-19-11-12-21(20(25)14-19)27-24(30)15-28-22-10-6-5-9-18(22)13-23(28)17-7-3-2-4-8-17/h2-14H,15H2,1H3,(H,26,29)(H,27,30). The van der Waals surface area contributed by atoms with Crippen molar-refractivity contribution in [1.29, 1.82) is 0 Å². The van der Waals surface area contributed by atoms with Crippen LogP contribution in [0.5, 0.6) is 0 Å². The summed E-state index contributed by atoms with van der Waals surface area (Å²) in [5.74, 6) is -0.376. The minimum atomic E-state index is -0.192. The van der Waals surface area contributed by atoms with E-state index in [1.54, 1.807) is 18.2 Å². The molecule has 150 valence electrons. The summed E-state index contributed by atoms with van der Waals surface area (Å²) in [6.45, 7) is 1.57. The molecule has 3 aromatic carbocycles. The number of para-hydroxylation sites is 1. The van der Waals surface area contributed by atoms with Crippen LogP contribution in [0.2, 0.25) is 5.02 Å². The van der Waals surface area contributed by atoms with Crippen molar-refractivity contribution in [2.75, 3.05) is 10.6 Å². The van der Waals surface area contributed by atoms with E-state index in [9.17, 15) is 9.59 Å². The number of carbonyl (C=O) groups excluding carboxylic acids is 2. The lowest BCUT2D eigenvalue weighted by Gasteiger charge is -2.13. The lowest BCUT2D eigenvalue weighted by atomic mass is 10.1. The number of carbonyl (C=O) groups is 2. The molecule has 4 rings (SSSR count). The zero-order valence-corrected chi connectivity index (χ0v) is 17.1. The fraction of sp³-hybridized carbons (Fsp3) is 0.0833. The number of aromatic nitrogens is 1. The van der Waals surface area contributed by atoms with E-state index in [0.717, 1.165) is 22.2 Å². The first-order chi connectivity index (χ1) is 14.5. The second-order valence-electron chi connectivity index (χ2n) is 6.96. The average Bonchev–Trinajstić information content (AvgIpc) is 3.09. The molecular formula is C24H20ClN3O2. The molecule has 4 aromatic rings. The van der Waals surface area contributed by atoms with Gasteiger partial charge in [0.15, 0.2) is 0 Å². The number of hydrogen-bond acceptors (Lipinski definition) is 2. The summed E-state index contributed by atoms with van der Waals surface area (Å²) in [6, 6.07) is 25.0. The lowest BCUT2D eigenvalue weighted by Crippen LogP contribution is -2.19. The Labute approximate surface area is 179 Å². The molecule has 0 fully saturated rings. The minimum Gasteiger partial charge on any atom is -0.331 e. The predicted molar refractivity (Wildman–Crippen MR) is 122 cm³/mol. The number of nitrogens with zero attached hydrogens (tertiary/aromatic N) is 1. The van der Waals surface area contributed by atoms with Crippen LogP contribution < -0.4 is 10.6 Å². The summed E-state index contributed by atoms with van der Waals surface area (Å²) in [5.41, 5.74) is 4.07. The average molecular weight is 418 g/mol. The molecule has 0 atom stereocenters. The smallest absolute Gasteiger partial charge is 0.244 e. The van der Waals surface area contributed by atoms with Crippen molar-refractivity contribution in [3.63, 3.8) is 0 Å². The van der Waals surface area contributed by atoms with Crippen molar-refractivity contribution in [2.24, 2.45) is 0 Å². The fourth-order valence-electron chi connectivity index (χ4n) is 3.46. The summed E-state index contributed by atoms with van der Waals surface area (Å²) in [5, 5.41) is 6.96. The van der Waals surface area contributed by atoms with E-state index >= 15 is 0 Å². The number of fused-ring (bicyclic) bond motifs is 1. The molecule has 30 heavy (non-hydrogen) atoms. The van der Waals surface area contributed by atoms with Crippen LogP contribution in [0.3, 0.4) is 0 Å². The molecule has 6 heteroatoms. The number of nitrogens with one attached hydrogen (secondary N) is 2. The first kappa shape index (κ1) is 19.7. The van der Waals surface area contributed by atoms with E-state index in [-0.39, 0.29) is 18.4 Å². The van der Waals surface area contributed by atoms with Crippen LogP contribution in [-0.4, -0.2) is 16.4 Å². The van der Waals surface area contributed by atoms with Crippen LogP contribution in [0.15, 0.2) is 78.9 Å². The Kier molecular flexibility index (Phi) is 5.55. The number of benzene rings is 3. The van der Waals surface area contributed by atoms with Gasteiger partial charge in [-0.15, -0.1) is 0 Å². The van der Waals surface area contributed by atoms with Crippen LogP contribution in [0, 0.1) is 0 Å². The zero-order chi connectivity index (χ0) is 21.1. The van der Waals surface area contributed by atoms with Gasteiger partial charge in [0.2, 0.25) is 11.8 Å². The van der Waals surface area contributed by atoms with Gasteiger partial charge >= 0.3 is 0 Å². The molecule has 1 heterocycles. The molecule has 5 nitrogen and oxygen atoms in total. The third-order valence-corrected chi connectivity index (χ3v) is 5.06. The summed E-state index contributed by atoms with van der Waals surface area (Å²) in [4.78, 5) is 24.1. The molecule has 0 radical (unpaired) electrons. The summed E-state index contributed by atoms with van der Waals surface area (Å²) in [6.07, 6.45) is 0. The van der Waals surface area contributed by atoms with Gasteiger partial charge in [-0.2, -0.15) is 0 Å². The minimum absolute atomic E-state index is 0.140. The van der Waals surface area contributed by atoms with Crippen LogP contribution in [0.1, 0.15) is 6.92 Å². The Morgan fingerprint density at radius 3 is 2.37 bits per heavy atom. The highest BCUT2D eigenvalue weighted by atomic mass is 35.5. The molecule has 0 aliphatic rings. The van der Waals surface area contributed by atoms with Crippen LogP contribution in [0.4, 0.5) is 11.4 Å². The van der Waals surface area contributed by atoms with Crippen molar-refractivity contribution >= 4 is 45.7 Å². The normalized spacial score (nSPS) is 10.7. The van der Waals surface area contributed by atoms with Gasteiger partial charge in [-0.3, -0.25) is 9.59 Å². The maximum atomic E-state index is 12.9. The van der Waals surface area contributed by atoms with E-state index in [1.807, 2.05) is 59.2 Å². The number of anilines is 2. The fourth-order valence-corrected chi connectivity index (χ4v) is 3.69. The SMILES string of the molecule is CC(=O)Nc1ccc(NC(=O)Cn2c(-c3ccccc3)cc3ccccc32)c(Cl)c1. The number of rotatable bonds is 5. The first-order valence-electron chi connectivity index (χ1n) is 9.52. The predicted octanol–water partition coefficient (Wildman–Crippen LogP) is 5.56. The summed E-state index contributed by atoms with van der Waals surface area (Å²) >= 11 is 6.29. The van der Waals surface area contributed by atoms with Gasteiger partial charge in [0.1, 0.15) is 6.54 Å². The third kappa shape index (κ3) is 4.21. The topological polar surface area (TPSA) is 63.1 Å². The summed E-state index contributed by atoms with van der Waals surface area (Å²) < 4.78 is 2.00. The van der Waals surface area contributed by atoms with E-state index in [2.05, 4.69) is 16.7 Å².